The minimum atomic E-state index is -0.381. The second kappa shape index (κ2) is 5.25. The molecule has 0 atom stereocenters. The van der Waals surface area contributed by atoms with E-state index in [1.807, 2.05) is 6.92 Å². The third kappa shape index (κ3) is 2.62. The van der Waals surface area contributed by atoms with Gasteiger partial charge in [-0.2, -0.15) is 5.10 Å². The molecule has 0 saturated carbocycles. The first-order chi connectivity index (χ1) is 8.22. The molecule has 2 aromatic heterocycles. The summed E-state index contributed by atoms with van der Waals surface area (Å²) in [6, 6.07) is 1.65. The van der Waals surface area contributed by atoms with Gasteiger partial charge in [0.25, 0.3) is 0 Å². The summed E-state index contributed by atoms with van der Waals surface area (Å²) in [7, 11) is 0. The van der Waals surface area contributed by atoms with Crippen LogP contribution in [0.5, 0.6) is 0 Å². The first-order valence-electron chi connectivity index (χ1n) is 5.27. The Kier molecular flexibility index (Phi) is 3.71. The van der Waals surface area contributed by atoms with Crippen molar-refractivity contribution in [1.29, 1.82) is 0 Å². The van der Waals surface area contributed by atoms with Gasteiger partial charge in [0.2, 0.25) is 0 Å². The molecule has 0 fully saturated rings. The molecule has 2 aromatic rings. The van der Waals surface area contributed by atoms with E-state index in [9.17, 15) is 4.39 Å². The second-order valence-corrected chi connectivity index (χ2v) is 3.93. The van der Waals surface area contributed by atoms with Gasteiger partial charge in [-0.3, -0.25) is 0 Å². The van der Waals surface area contributed by atoms with Crippen LogP contribution in [0.4, 0.5) is 4.39 Å². The number of hydrogen-bond donors (Lipinski definition) is 1. The highest BCUT2D eigenvalue weighted by molar-refractivity contribution is 6.30. The summed E-state index contributed by atoms with van der Waals surface area (Å²) in [5.74, 6) is -0.222. The van der Waals surface area contributed by atoms with E-state index in [0.29, 0.717) is 17.1 Å². The number of pyridine rings is 1. The lowest BCUT2D eigenvalue weighted by molar-refractivity contribution is 0.571. The third-order valence-electron chi connectivity index (χ3n) is 2.28. The fourth-order valence-corrected chi connectivity index (χ4v) is 1.58. The highest BCUT2D eigenvalue weighted by atomic mass is 35.5. The van der Waals surface area contributed by atoms with E-state index in [1.165, 1.54) is 17.1 Å². The minimum Gasteiger partial charge on any atom is -0.313 e. The Hall–Kier alpha value is -1.46. The minimum absolute atomic E-state index is 0.160. The van der Waals surface area contributed by atoms with Gasteiger partial charge in [-0.1, -0.05) is 18.5 Å². The molecule has 0 amide bonds. The predicted octanol–water partition coefficient (Wildman–Crippen LogP) is 2.17. The molecule has 0 radical (unpaired) electrons. The molecular formula is C11H12ClFN4. The molecule has 0 unspecified atom stereocenters. The van der Waals surface area contributed by atoms with Crippen molar-refractivity contribution in [2.45, 2.75) is 13.5 Å². The van der Waals surface area contributed by atoms with E-state index in [1.54, 1.807) is 12.3 Å². The van der Waals surface area contributed by atoms with Gasteiger partial charge < -0.3 is 5.32 Å². The van der Waals surface area contributed by atoms with Crippen LogP contribution in [-0.2, 0) is 6.54 Å². The van der Waals surface area contributed by atoms with Crippen LogP contribution in [0.15, 0.2) is 24.7 Å². The van der Waals surface area contributed by atoms with E-state index >= 15 is 0 Å². The van der Waals surface area contributed by atoms with Gasteiger partial charge in [-0.05, 0) is 12.6 Å². The Labute approximate surface area is 103 Å². The highest BCUT2D eigenvalue weighted by Crippen LogP contribution is 2.16. The van der Waals surface area contributed by atoms with Crippen LogP contribution in [0, 0.1) is 5.82 Å². The zero-order valence-corrected chi connectivity index (χ0v) is 10.1. The summed E-state index contributed by atoms with van der Waals surface area (Å²) in [5.41, 5.74) is 0.559. The molecule has 0 aromatic carbocycles. The molecule has 0 spiro atoms. The molecule has 0 aliphatic heterocycles. The summed E-state index contributed by atoms with van der Waals surface area (Å²) in [5, 5.41) is 7.44. The average Bonchev–Trinajstić information content (AvgIpc) is 2.74. The largest absolute Gasteiger partial charge is 0.313 e. The molecule has 2 rings (SSSR count). The summed E-state index contributed by atoms with van der Waals surface area (Å²) >= 11 is 5.74. The maximum Gasteiger partial charge on any atom is 0.190 e. The van der Waals surface area contributed by atoms with Gasteiger partial charge >= 0.3 is 0 Å². The van der Waals surface area contributed by atoms with E-state index in [4.69, 9.17) is 11.6 Å². The summed E-state index contributed by atoms with van der Waals surface area (Å²) in [4.78, 5) is 3.97. The zero-order valence-electron chi connectivity index (χ0n) is 9.32. The number of halogens is 2. The monoisotopic (exact) mass is 254 g/mol. The van der Waals surface area contributed by atoms with Crippen LogP contribution < -0.4 is 5.32 Å². The Bertz CT molecular complexity index is 512. The number of nitrogens with zero attached hydrogens (tertiary/aromatic N) is 3. The molecule has 2 heterocycles. The van der Waals surface area contributed by atoms with Crippen LogP contribution in [0.1, 0.15) is 12.5 Å². The number of aromatic nitrogens is 3. The molecular weight excluding hydrogens is 243 g/mol. The van der Waals surface area contributed by atoms with E-state index in [0.717, 1.165) is 6.54 Å². The summed E-state index contributed by atoms with van der Waals surface area (Å²) < 4.78 is 15.4. The molecule has 0 bridgehead atoms. The van der Waals surface area contributed by atoms with Crippen molar-refractivity contribution >= 4 is 11.6 Å². The fraction of sp³-hybridized carbons (Fsp3) is 0.273. The Morgan fingerprint density at radius 3 is 3.00 bits per heavy atom. The predicted molar refractivity (Wildman–Crippen MR) is 63.7 cm³/mol. The third-order valence-corrected chi connectivity index (χ3v) is 2.48. The van der Waals surface area contributed by atoms with Gasteiger partial charge in [-0.15, -0.1) is 0 Å². The van der Waals surface area contributed by atoms with E-state index in [2.05, 4.69) is 15.4 Å². The molecule has 0 aliphatic carbocycles. The van der Waals surface area contributed by atoms with Gasteiger partial charge in [0.15, 0.2) is 11.6 Å². The maximum atomic E-state index is 14.1. The Morgan fingerprint density at radius 2 is 2.35 bits per heavy atom. The molecule has 6 heteroatoms. The fourth-order valence-electron chi connectivity index (χ4n) is 1.44. The molecule has 4 nitrogen and oxygen atoms in total. The van der Waals surface area contributed by atoms with Gasteiger partial charge in [0.05, 0.1) is 17.4 Å². The lowest BCUT2D eigenvalue weighted by atomic mass is 10.2. The van der Waals surface area contributed by atoms with Crippen molar-refractivity contribution in [2.75, 3.05) is 6.54 Å². The average molecular weight is 255 g/mol. The van der Waals surface area contributed by atoms with Gasteiger partial charge in [-0.25, -0.2) is 14.1 Å². The Morgan fingerprint density at radius 1 is 1.53 bits per heavy atom. The van der Waals surface area contributed by atoms with Gasteiger partial charge in [0.1, 0.15) is 0 Å². The van der Waals surface area contributed by atoms with Crippen LogP contribution in [0.25, 0.3) is 5.82 Å². The van der Waals surface area contributed by atoms with Crippen molar-refractivity contribution in [3.05, 3.63) is 41.1 Å². The van der Waals surface area contributed by atoms with Crippen LogP contribution >= 0.6 is 11.6 Å². The van der Waals surface area contributed by atoms with Crippen molar-refractivity contribution < 1.29 is 4.39 Å². The Balaban J connectivity index is 2.35. The number of nitrogens with one attached hydrogen (secondary N) is 1. The van der Waals surface area contributed by atoms with Crippen molar-refractivity contribution in [1.82, 2.24) is 20.1 Å². The normalized spacial score (nSPS) is 10.8. The zero-order chi connectivity index (χ0) is 12.3. The van der Waals surface area contributed by atoms with E-state index < -0.39 is 0 Å². The number of rotatable bonds is 4. The van der Waals surface area contributed by atoms with Crippen molar-refractivity contribution in [2.24, 2.45) is 0 Å². The first-order valence-corrected chi connectivity index (χ1v) is 5.64. The lowest BCUT2D eigenvalue weighted by Gasteiger charge is -2.07. The highest BCUT2D eigenvalue weighted by Gasteiger charge is 2.11. The standard InChI is InChI=1S/C11H12ClFN4/c1-2-14-5-8-3-4-15-11(10(8)13)17-7-9(12)6-16-17/h3-4,6-7,14H,2,5H2,1H3. The summed E-state index contributed by atoms with van der Waals surface area (Å²) in [6.07, 6.45) is 4.52. The van der Waals surface area contributed by atoms with Crippen molar-refractivity contribution in [3.8, 4) is 5.82 Å². The molecule has 1 N–H and O–H groups in total. The molecule has 0 aliphatic rings. The lowest BCUT2D eigenvalue weighted by Crippen LogP contribution is -2.14. The molecule has 0 saturated heterocycles. The van der Waals surface area contributed by atoms with Crippen molar-refractivity contribution in [3.63, 3.8) is 0 Å². The molecule has 90 valence electrons. The van der Waals surface area contributed by atoms with Crippen LogP contribution in [-0.4, -0.2) is 21.3 Å². The maximum absolute atomic E-state index is 14.1. The second-order valence-electron chi connectivity index (χ2n) is 3.49. The van der Waals surface area contributed by atoms with Crippen LogP contribution in [0.2, 0.25) is 5.02 Å². The van der Waals surface area contributed by atoms with Crippen LogP contribution in [0.3, 0.4) is 0 Å². The topological polar surface area (TPSA) is 42.7 Å². The SMILES string of the molecule is CCNCc1ccnc(-n2cc(Cl)cn2)c1F. The first kappa shape index (κ1) is 12.0. The van der Waals surface area contributed by atoms with Gasteiger partial charge in [0, 0.05) is 18.3 Å². The molecule has 17 heavy (non-hydrogen) atoms. The van der Waals surface area contributed by atoms with E-state index in [-0.39, 0.29) is 11.6 Å². The summed E-state index contributed by atoms with van der Waals surface area (Å²) in [6.45, 7) is 3.21. The quantitative estimate of drug-likeness (QED) is 0.909. The smallest absolute Gasteiger partial charge is 0.190 e. The number of hydrogen-bond acceptors (Lipinski definition) is 3.